The molecule has 0 unspecified atom stereocenters. The Kier molecular flexibility index (Phi) is 11.9. The number of allylic oxidation sites excluding steroid dienone is 4. The van der Waals surface area contributed by atoms with Crippen molar-refractivity contribution in [2.75, 3.05) is 6.61 Å². The van der Waals surface area contributed by atoms with Gasteiger partial charge < -0.3 is 4.74 Å². The fourth-order valence-electron chi connectivity index (χ4n) is 6.77. The Labute approximate surface area is 327 Å². The Balaban J connectivity index is 1.72. The van der Waals surface area contributed by atoms with Gasteiger partial charge in [0.15, 0.2) is 0 Å². The van der Waals surface area contributed by atoms with Crippen LogP contribution in [0, 0.1) is 0 Å². The van der Waals surface area contributed by atoms with Crippen LogP contribution in [0.15, 0.2) is 206 Å². The standard InChI is InChI=1S/C51H41IO/c1-2-37-53-45-35-33-43(34-36-45)46(38-21-9-3-10-22-38)47(39-23-11-4-12-24-39)48(40-25-13-5-14-26-40)49(41-27-15-6-16-28-41)50(42-29-17-7-18-30-42)51(52)44-31-19-8-20-32-44/h3-36H,2,37H2,1H3/b47-46-,49-48-,51-50-. The average molecular weight is 797 g/mol. The maximum Gasteiger partial charge on any atom is 0.119 e. The van der Waals surface area contributed by atoms with E-state index in [1.54, 1.807) is 0 Å². The fourth-order valence-corrected chi connectivity index (χ4v) is 7.71. The highest BCUT2D eigenvalue weighted by molar-refractivity contribution is 14.1. The van der Waals surface area contributed by atoms with Gasteiger partial charge >= 0.3 is 0 Å². The summed E-state index contributed by atoms with van der Waals surface area (Å²) in [6.45, 7) is 2.82. The van der Waals surface area contributed by atoms with Crippen LogP contribution in [-0.4, -0.2) is 6.61 Å². The molecule has 7 aromatic rings. The van der Waals surface area contributed by atoms with Gasteiger partial charge in [-0.15, -0.1) is 0 Å². The molecule has 0 heterocycles. The molecule has 0 saturated heterocycles. The molecule has 0 radical (unpaired) electrons. The van der Waals surface area contributed by atoms with E-state index in [0.29, 0.717) is 6.61 Å². The van der Waals surface area contributed by atoms with E-state index in [0.717, 1.165) is 67.8 Å². The van der Waals surface area contributed by atoms with Crippen molar-refractivity contribution in [2.24, 2.45) is 0 Å². The molecule has 0 atom stereocenters. The first-order valence-electron chi connectivity index (χ1n) is 18.2. The molecule has 258 valence electrons. The molecule has 0 aliphatic carbocycles. The van der Waals surface area contributed by atoms with Crippen LogP contribution in [0.2, 0.25) is 0 Å². The average Bonchev–Trinajstić information content (AvgIpc) is 3.24. The molecule has 0 bridgehead atoms. The molecule has 53 heavy (non-hydrogen) atoms. The van der Waals surface area contributed by atoms with Crippen LogP contribution in [0.1, 0.15) is 52.3 Å². The zero-order chi connectivity index (χ0) is 36.2. The molecule has 0 aliphatic rings. The fraction of sp³-hybridized carbons (Fsp3) is 0.0588. The van der Waals surface area contributed by atoms with Gasteiger partial charge in [-0.3, -0.25) is 0 Å². The quantitative estimate of drug-likeness (QED) is 0.0680. The van der Waals surface area contributed by atoms with Gasteiger partial charge in [0, 0.05) is 9.15 Å². The molecule has 7 rings (SSSR count). The largest absolute Gasteiger partial charge is 0.494 e. The maximum atomic E-state index is 6.07. The summed E-state index contributed by atoms with van der Waals surface area (Å²) in [5.74, 6) is 0.875. The number of hydrogen-bond donors (Lipinski definition) is 0. The van der Waals surface area contributed by atoms with Crippen molar-refractivity contribution >= 4 is 54.0 Å². The molecule has 0 N–H and O–H groups in total. The van der Waals surface area contributed by atoms with Gasteiger partial charge in [0.25, 0.3) is 0 Å². The number of rotatable bonds is 12. The van der Waals surface area contributed by atoms with Crippen molar-refractivity contribution in [1.82, 2.24) is 0 Å². The Bertz CT molecular complexity index is 2310. The van der Waals surface area contributed by atoms with Crippen molar-refractivity contribution < 1.29 is 4.74 Å². The van der Waals surface area contributed by atoms with E-state index >= 15 is 0 Å². The summed E-state index contributed by atoms with van der Waals surface area (Å²) in [5, 5.41) is 0. The normalized spacial score (nSPS) is 12.6. The maximum absolute atomic E-state index is 6.07. The predicted molar refractivity (Wildman–Crippen MR) is 234 cm³/mol. The zero-order valence-corrected chi connectivity index (χ0v) is 32.0. The topological polar surface area (TPSA) is 9.23 Å². The molecule has 2 heteroatoms. The van der Waals surface area contributed by atoms with Gasteiger partial charge in [0.05, 0.1) is 6.61 Å². The smallest absolute Gasteiger partial charge is 0.119 e. The van der Waals surface area contributed by atoms with Crippen LogP contribution in [0.4, 0.5) is 0 Å². The predicted octanol–water partition coefficient (Wildman–Crippen LogP) is 14.0. The van der Waals surface area contributed by atoms with E-state index in [4.69, 9.17) is 4.74 Å². The summed E-state index contributed by atoms with van der Waals surface area (Å²) in [6.07, 6.45) is 0.960. The summed E-state index contributed by atoms with van der Waals surface area (Å²) in [7, 11) is 0. The Morgan fingerprint density at radius 2 is 0.679 bits per heavy atom. The summed E-state index contributed by atoms with van der Waals surface area (Å²) < 4.78 is 7.24. The van der Waals surface area contributed by atoms with Crippen molar-refractivity contribution in [3.63, 3.8) is 0 Å². The van der Waals surface area contributed by atoms with E-state index in [1.807, 2.05) is 0 Å². The first-order valence-corrected chi connectivity index (χ1v) is 19.3. The van der Waals surface area contributed by atoms with Crippen LogP contribution in [0.3, 0.4) is 0 Å². The number of hydrogen-bond acceptors (Lipinski definition) is 1. The Morgan fingerprint density at radius 1 is 0.358 bits per heavy atom. The lowest BCUT2D eigenvalue weighted by atomic mass is 9.77. The van der Waals surface area contributed by atoms with E-state index in [1.165, 1.54) is 14.7 Å². The van der Waals surface area contributed by atoms with Gasteiger partial charge in [0.1, 0.15) is 5.75 Å². The van der Waals surface area contributed by atoms with Crippen LogP contribution >= 0.6 is 22.6 Å². The summed E-state index contributed by atoms with van der Waals surface area (Å²) >= 11 is 2.58. The Hall–Kier alpha value is -5.71. The van der Waals surface area contributed by atoms with E-state index in [2.05, 4.69) is 236 Å². The lowest BCUT2D eigenvalue weighted by molar-refractivity contribution is 0.317. The molecule has 7 aromatic carbocycles. The molecule has 0 aliphatic heterocycles. The summed E-state index contributed by atoms with van der Waals surface area (Å²) in [4.78, 5) is 0. The number of halogens is 1. The van der Waals surface area contributed by atoms with E-state index in [-0.39, 0.29) is 0 Å². The van der Waals surface area contributed by atoms with Crippen LogP contribution in [0.5, 0.6) is 5.75 Å². The Morgan fingerprint density at radius 3 is 1.09 bits per heavy atom. The van der Waals surface area contributed by atoms with Gasteiger partial charge in [0.2, 0.25) is 0 Å². The lowest BCUT2D eigenvalue weighted by Gasteiger charge is -2.27. The van der Waals surface area contributed by atoms with Crippen molar-refractivity contribution in [3.8, 4) is 5.75 Å². The molecule has 0 saturated carbocycles. The zero-order valence-electron chi connectivity index (χ0n) is 29.8. The van der Waals surface area contributed by atoms with Crippen molar-refractivity contribution in [2.45, 2.75) is 13.3 Å². The third-order valence-corrected chi connectivity index (χ3v) is 10.3. The van der Waals surface area contributed by atoms with Gasteiger partial charge in [-0.05, 0) is 102 Å². The molecule has 0 spiro atoms. The van der Waals surface area contributed by atoms with Crippen LogP contribution < -0.4 is 4.74 Å². The van der Waals surface area contributed by atoms with Crippen LogP contribution in [-0.2, 0) is 0 Å². The van der Waals surface area contributed by atoms with Crippen LogP contribution in [0.25, 0.3) is 31.4 Å². The highest BCUT2D eigenvalue weighted by Gasteiger charge is 2.27. The minimum atomic E-state index is 0.686. The number of benzene rings is 7. The molecular weight excluding hydrogens is 755 g/mol. The molecule has 0 aromatic heterocycles. The van der Waals surface area contributed by atoms with Gasteiger partial charge in [-0.25, -0.2) is 0 Å². The van der Waals surface area contributed by atoms with Crippen molar-refractivity contribution in [3.05, 3.63) is 245 Å². The minimum absolute atomic E-state index is 0.686. The molecular formula is C51H41IO. The first-order chi connectivity index (χ1) is 26.2. The monoisotopic (exact) mass is 796 g/mol. The first kappa shape index (κ1) is 35.7. The second kappa shape index (κ2) is 17.7. The second-order valence-corrected chi connectivity index (χ2v) is 13.8. The minimum Gasteiger partial charge on any atom is -0.494 e. The summed E-state index contributed by atoms with van der Waals surface area (Å²) in [5.41, 5.74) is 13.8. The highest BCUT2D eigenvalue weighted by Crippen LogP contribution is 2.50. The van der Waals surface area contributed by atoms with Crippen molar-refractivity contribution in [1.29, 1.82) is 0 Å². The van der Waals surface area contributed by atoms with Gasteiger partial charge in [-0.2, -0.15) is 0 Å². The third kappa shape index (κ3) is 8.35. The summed E-state index contributed by atoms with van der Waals surface area (Å²) in [6, 6.07) is 73.7. The number of ether oxygens (including phenoxy) is 1. The lowest BCUT2D eigenvalue weighted by Crippen LogP contribution is -2.04. The molecule has 0 amide bonds. The molecule has 1 nitrogen and oxygen atoms in total. The van der Waals surface area contributed by atoms with Gasteiger partial charge in [-0.1, -0.05) is 201 Å². The third-order valence-electron chi connectivity index (χ3n) is 9.17. The molecule has 0 fully saturated rings. The highest BCUT2D eigenvalue weighted by atomic mass is 127. The second-order valence-electron chi connectivity index (χ2n) is 12.8. The van der Waals surface area contributed by atoms with E-state index < -0.39 is 0 Å². The van der Waals surface area contributed by atoms with E-state index in [9.17, 15) is 0 Å². The SMILES string of the molecule is CCCOc1ccc(\C(=C(/C(=C(\C(=C(/I)c2ccccc2)c2ccccc2)c2ccccc2)c2ccccc2)c2ccccc2)c2ccccc2)cc1.